The molecule has 59 heavy (non-hydrogen) atoms. The highest BCUT2D eigenvalue weighted by atomic mass is 15.0. The van der Waals surface area contributed by atoms with Crippen LogP contribution in [0.2, 0.25) is 0 Å². The van der Waals surface area contributed by atoms with E-state index in [9.17, 15) is 0 Å². The number of rotatable bonds is 5. The van der Waals surface area contributed by atoms with E-state index in [-0.39, 0.29) is 11.3 Å². The van der Waals surface area contributed by atoms with E-state index in [0.29, 0.717) is 0 Å². The molecular weight excluding hydrogens is 711 g/mol. The summed E-state index contributed by atoms with van der Waals surface area (Å²) >= 11 is 0. The van der Waals surface area contributed by atoms with E-state index in [1.54, 1.807) is 0 Å². The van der Waals surface area contributed by atoms with Crippen LogP contribution < -0.4 is 0 Å². The minimum atomic E-state index is -0.0880. The third-order valence-corrected chi connectivity index (χ3v) is 13.3. The third kappa shape index (κ3) is 5.18. The minimum absolute atomic E-state index is 0.0880. The molecule has 0 saturated carbocycles. The van der Waals surface area contributed by atoms with Crippen molar-refractivity contribution in [1.82, 2.24) is 4.57 Å². The Morgan fingerprint density at radius 2 is 0.898 bits per heavy atom. The topological polar surface area (TPSA) is 4.93 Å². The van der Waals surface area contributed by atoms with Gasteiger partial charge in [0, 0.05) is 27.8 Å². The van der Waals surface area contributed by atoms with Gasteiger partial charge in [0.1, 0.15) is 0 Å². The molecule has 0 spiro atoms. The summed E-state index contributed by atoms with van der Waals surface area (Å²) in [7, 11) is 0. The highest BCUT2D eigenvalue weighted by Crippen LogP contribution is 2.52. The predicted octanol–water partition coefficient (Wildman–Crippen LogP) is 15.3. The molecule has 0 aliphatic heterocycles. The molecule has 1 heteroatoms. The quantitative estimate of drug-likeness (QED) is 0.165. The van der Waals surface area contributed by atoms with Crippen molar-refractivity contribution in [2.45, 2.75) is 25.2 Å². The molecule has 0 bridgehead atoms. The average molecular weight is 752 g/mol. The second kappa shape index (κ2) is 12.9. The van der Waals surface area contributed by atoms with Crippen molar-refractivity contribution < 1.29 is 0 Å². The summed E-state index contributed by atoms with van der Waals surface area (Å²) in [6, 6.07) is 76.8. The second-order valence-corrected chi connectivity index (χ2v) is 16.9. The molecule has 0 radical (unpaired) electrons. The summed E-state index contributed by atoms with van der Waals surface area (Å²) in [4.78, 5) is 0. The summed E-state index contributed by atoms with van der Waals surface area (Å²) in [6.07, 6.45) is 0. The molecule has 10 aromatic rings. The molecule has 1 aromatic heterocycles. The van der Waals surface area contributed by atoms with Crippen molar-refractivity contribution >= 4 is 21.8 Å². The SMILES string of the molecule is CC1(C)c2ccccc2-c2cc3c(cc21)c1cc(-c2ccc4c(c2)-c2ccccc2C4c2ccc(-c4ccccc4)cc2)ccc1n3-c1ccc(-c2ccccc2)cc1. The highest BCUT2D eigenvalue weighted by molar-refractivity contribution is 6.12. The average Bonchev–Trinajstić information content (AvgIpc) is 3.88. The van der Waals surface area contributed by atoms with E-state index in [1.807, 2.05) is 0 Å². The first-order valence-electron chi connectivity index (χ1n) is 20.8. The van der Waals surface area contributed by atoms with E-state index >= 15 is 0 Å². The van der Waals surface area contributed by atoms with Crippen molar-refractivity contribution in [2.24, 2.45) is 0 Å². The van der Waals surface area contributed by atoms with Gasteiger partial charge in [-0.3, -0.25) is 0 Å². The van der Waals surface area contributed by atoms with E-state index in [4.69, 9.17) is 0 Å². The van der Waals surface area contributed by atoms with Crippen LogP contribution in [0.15, 0.2) is 206 Å². The Morgan fingerprint density at radius 1 is 0.356 bits per heavy atom. The van der Waals surface area contributed by atoms with Crippen molar-refractivity contribution in [3.63, 3.8) is 0 Å². The maximum Gasteiger partial charge on any atom is 0.0547 e. The largest absolute Gasteiger partial charge is 0.309 e. The van der Waals surface area contributed by atoms with Crippen LogP contribution in [0.5, 0.6) is 0 Å². The van der Waals surface area contributed by atoms with Gasteiger partial charge < -0.3 is 4.57 Å². The molecule has 2 aliphatic rings. The predicted molar refractivity (Wildman–Crippen MR) is 247 cm³/mol. The van der Waals surface area contributed by atoms with Crippen LogP contribution in [-0.4, -0.2) is 4.57 Å². The van der Waals surface area contributed by atoms with Gasteiger partial charge in [0.05, 0.1) is 11.0 Å². The van der Waals surface area contributed by atoms with Gasteiger partial charge >= 0.3 is 0 Å². The van der Waals surface area contributed by atoms with E-state index in [2.05, 4.69) is 225 Å². The Labute approximate surface area is 345 Å². The van der Waals surface area contributed by atoms with Gasteiger partial charge in [-0.05, 0) is 126 Å². The maximum absolute atomic E-state index is 2.50. The highest BCUT2D eigenvalue weighted by Gasteiger charge is 2.36. The van der Waals surface area contributed by atoms with Crippen molar-refractivity contribution in [3.8, 4) is 61.3 Å². The maximum atomic E-state index is 2.50. The van der Waals surface area contributed by atoms with Crippen molar-refractivity contribution in [2.75, 3.05) is 0 Å². The Bertz CT molecular complexity index is 3260. The Morgan fingerprint density at radius 3 is 1.63 bits per heavy atom. The van der Waals surface area contributed by atoms with Crippen LogP contribution in [0.3, 0.4) is 0 Å². The smallest absolute Gasteiger partial charge is 0.0547 e. The first-order chi connectivity index (χ1) is 29.0. The fourth-order valence-corrected chi connectivity index (χ4v) is 10.3. The lowest BCUT2D eigenvalue weighted by atomic mass is 9.82. The first kappa shape index (κ1) is 33.9. The van der Waals surface area contributed by atoms with Crippen molar-refractivity contribution in [1.29, 1.82) is 0 Å². The second-order valence-electron chi connectivity index (χ2n) is 16.9. The zero-order chi connectivity index (χ0) is 39.2. The molecule has 1 unspecified atom stereocenters. The molecule has 9 aromatic carbocycles. The summed E-state index contributed by atoms with van der Waals surface area (Å²) in [5.41, 5.74) is 23.1. The van der Waals surface area contributed by atoms with E-state index in [1.165, 1.54) is 111 Å². The monoisotopic (exact) mass is 751 g/mol. The number of aromatic nitrogens is 1. The normalized spacial score (nSPS) is 14.6. The number of hydrogen-bond donors (Lipinski definition) is 0. The molecule has 0 N–H and O–H groups in total. The van der Waals surface area contributed by atoms with Gasteiger partial charge in [-0.25, -0.2) is 0 Å². The summed E-state index contributed by atoms with van der Waals surface area (Å²) in [5, 5.41) is 2.57. The van der Waals surface area contributed by atoms with Crippen LogP contribution in [0.1, 0.15) is 47.6 Å². The third-order valence-electron chi connectivity index (χ3n) is 13.3. The van der Waals surface area contributed by atoms with E-state index < -0.39 is 0 Å². The number of nitrogens with zero attached hydrogens (tertiary/aromatic N) is 1. The van der Waals surface area contributed by atoms with Gasteiger partial charge in [-0.1, -0.05) is 178 Å². The summed E-state index contributed by atoms with van der Waals surface area (Å²) in [6.45, 7) is 4.76. The molecular formula is C58H41N. The van der Waals surface area contributed by atoms with Gasteiger partial charge in [-0.2, -0.15) is 0 Å². The first-order valence-corrected chi connectivity index (χ1v) is 20.8. The van der Waals surface area contributed by atoms with Crippen molar-refractivity contribution in [3.05, 3.63) is 234 Å². The van der Waals surface area contributed by atoms with Crippen LogP contribution in [0, 0.1) is 0 Å². The number of benzene rings is 9. The molecule has 1 atom stereocenters. The van der Waals surface area contributed by atoms with E-state index in [0.717, 1.165) is 0 Å². The lowest BCUT2D eigenvalue weighted by Crippen LogP contribution is -2.14. The minimum Gasteiger partial charge on any atom is -0.309 e. The Kier molecular flexibility index (Phi) is 7.40. The number of fused-ring (bicyclic) bond motifs is 9. The molecule has 0 fully saturated rings. The lowest BCUT2D eigenvalue weighted by molar-refractivity contribution is 0.661. The van der Waals surface area contributed by atoms with Crippen LogP contribution in [0.4, 0.5) is 0 Å². The molecule has 278 valence electrons. The van der Waals surface area contributed by atoms with Crippen LogP contribution >= 0.6 is 0 Å². The van der Waals surface area contributed by atoms with Gasteiger partial charge in [0.15, 0.2) is 0 Å². The molecule has 0 amide bonds. The number of hydrogen-bond acceptors (Lipinski definition) is 0. The molecule has 1 nitrogen and oxygen atoms in total. The zero-order valence-electron chi connectivity index (χ0n) is 33.2. The molecule has 12 rings (SSSR count). The van der Waals surface area contributed by atoms with Crippen LogP contribution in [-0.2, 0) is 5.41 Å². The summed E-state index contributed by atoms with van der Waals surface area (Å²) < 4.78 is 2.48. The Balaban J connectivity index is 1.01. The fraction of sp³-hybridized carbons (Fsp3) is 0.0690. The van der Waals surface area contributed by atoms with Gasteiger partial charge in [-0.15, -0.1) is 0 Å². The van der Waals surface area contributed by atoms with Gasteiger partial charge in [0.25, 0.3) is 0 Å². The van der Waals surface area contributed by atoms with Gasteiger partial charge in [0.2, 0.25) is 0 Å². The van der Waals surface area contributed by atoms with Crippen LogP contribution in [0.25, 0.3) is 83.1 Å². The Hall–Kier alpha value is -7.22. The molecule has 1 heterocycles. The fourth-order valence-electron chi connectivity index (χ4n) is 10.3. The standard InChI is InChI=1S/C58H41N/c1-58(2)53-20-12-11-18-46(53)50-36-56-52(35-54(50)58)51-34-43(28-32-55(51)59(56)44-29-25-40(26-30-44)38-15-7-4-8-16-38)42-27-31-48-49(33-42)45-17-9-10-19-47(45)57(48)41-23-21-39(22-24-41)37-13-5-3-6-14-37/h3-36,57H,1-2H3. The zero-order valence-corrected chi connectivity index (χ0v) is 33.2. The molecule has 2 aliphatic carbocycles. The lowest BCUT2D eigenvalue weighted by Gasteiger charge is -2.21. The summed E-state index contributed by atoms with van der Waals surface area (Å²) in [5.74, 6) is 0.198. The molecule has 0 saturated heterocycles.